The van der Waals surface area contributed by atoms with E-state index in [2.05, 4.69) is 10.6 Å². The van der Waals surface area contributed by atoms with Crippen LogP contribution in [0.2, 0.25) is 5.02 Å². The lowest BCUT2D eigenvalue weighted by Gasteiger charge is -2.28. The molecule has 0 aromatic heterocycles. The van der Waals surface area contributed by atoms with Crippen molar-refractivity contribution in [2.45, 2.75) is 77.1 Å². The Labute approximate surface area is 257 Å². The second-order valence-electron chi connectivity index (χ2n) is 11.4. The summed E-state index contributed by atoms with van der Waals surface area (Å²) in [6.45, 7) is 2.68. The molecule has 4 rings (SSSR count). The van der Waals surface area contributed by atoms with Gasteiger partial charge in [-0.25, -0.2) is 9.59 Å². The van der Waals surface area contributed by atoms with Gasteiger partial charge in [-0.1, -0.05) is 81.0 Å². The smallest absolute Gasteiger partial charge is 0.408 e. The molecular formula is C32H40ClN3O7. The Morgan fingerprint density at radius 3 is 2.56 bits per heavy atom. The zero-order valence-electron chi connectivity index (χ0n) is 24.4. The Morgan fingerprint density at radius 2 is 1.81 bits per heavy atom. The number of rotatable bonds is 11. The molecule has 0 saturated heterocycles. The number of carboxylic acid groups (broad SMARTS) is 1. The van der Waals surface area contributed by atoms with E-state index >= 15 is 0 Å². The van der Waals surface area contributed by atoms with E-state index < -0.39 is 36.0 Å². The van der Waals surface area contributed by atoms with Gasteiger partial charge in [-0.15, -0.1) is 0 Å². The van der Waals surface area contributed by atoms with Gasteiger partial charge in [-0.2, -0.15) is 0 Å². The molecular weight excluding hydrogens is 574 g/mol. The van der Waals surface area contributed by atoms with E-state index in [1.165, 1.54) is 0 Å². The van der Waals surface area contributed by atoms with Crippen LogP contribution in [0.25, 0.3) is 0 Å². The topological polar surface area (TPSA) is 134 Å². The van der Waals surface area contributed by atoms with Gasteiger partial charge < -0.3 is 30.1 Å². The summed E-state index contributed by atoms with van der Waals surface area (Å²) in [7, 11) is 0. The summed E-state index contributed by atoms with van der Waals surface area (Å²) in [4.78, 5) is 53.4. The van der Waals surface area contributed by atoms with Crippen LogP contribution in [0.15, 0.2) is 48.5 Å². The highest BCUT2D eigenvalue weighted by atomic mass is 35.5. The molecule has 1 unspecified atom stereocenters. The van der Waals surface area contributed by atoms with Crippen molar-refractivity contribution in [1.82, 2.24) is 15.5 Å². The van der Waals surface area contributed by atoms with Crippen LogP contribution in [-0.2, 0) is 32.3 Å². The number of ether oxygens (including phenoxy) is 2. The molecule has 3 amide bonds. The zero-order chi connectivity index (χ0) is 30.8. The van der Waals surface area contributed by atoms with Crippen LogP contribution >= 0.6 is 11.6 Å². The minimum Gasteiger partial charge on any atom is -0.491 e. The van der Waals surface area contributed by atoms with Gasteiger partial charge in [0.05, 0.1) is 6.54 Å². The molecule has 0 spiro atoms. The Bertz CT molecular complexity index is 1280. The number of nitrogens with zero attached hydrogens (tertiary/aromatic N) is 1. The van der Waals surface area contributed by atoms with Crippen molar-refractivity contribution in [2.24, 2.45) is 11.8 Å². The highest BCUT2D eigenvalue weighted by Crippen LogP contribution is 2.28. The average molecular weight is 614 g/mol. The summed E-state index contributed by atoms with van der Waals surface area (Å²) < 4.78 is 11.1. The summed E-state index contributed by atoms with van der Waals surface area (Å²) in [5.74, 6) is -1.83. The highest BCUT2D eigenvalue weighted by molar-refractivity contribution is 6.30. The number of hydrogen-bond acceptors (Lipinski definition) is 6. The number of halogens is 1. The lowest BCUT2D eigenvalue weighted by atomic mass is 9.84. The van der Waals surface area contributed by atoms with Gasteiger partial charge in [0.15, 0.2) is 0 Å². The third-order valence-corrected chi connectivity index (χ3v) is 8.29. The predicted octanol–water partition coefficient (Wildman–Crippen LogP) is 4.92. The highest BCUT2D eigenvalue weighted by Gasteiger charge is 2.33. The third kappa shape index (κ3) is 9.61. The number of aliphatic carboxylic acids is 1. The molecule has 1 aliphatic carbocycles. The van der Waals surface area contributed by atoms with Crippen LogP contribution < -0.4 is 15.4 Å². The van der Waals surface area contributed by atoms with E-state index in [-0.39, 0.29) is 24.9 Å². The molecule has 1 saturated carbocycles. The van der Waals surface area contributed by atoms with E-state index in [1.54, 1.807) is 36.1 Å². The maximum Gasteiger partial charge on any atom is 0.408 e. The van der Waals surface area contributed by atoms with Crippen molar-refractivity contribution >= 4 is 35.5 Å². The first-order valence-electron chi connectivity index (χ1n) is 14.9. The standard InChI is InChI=1S/C32H40ClN3O7/c1-21(30(38)36-14-15-42-28-13-6-5-11-24(28)19-36)16-27(31(39)40)34-29(37)26(18-22-8-3-2-4-9-22)35-32(41)43-20-23-10-7-12-25(33)17-23/h5-7,10-13,17,21-22,26-27H,2-4,8-9,14-16,18-20H2,1H3,(H,34,37)(H,35,41)(H,39,40)/t21?,26-,27-/m0/s1. The number of alkyl carbamates (subject to hydrolysis) is 1. The molecule has 0 radical (unpaired) electrons. The van der Waals surface area contributed by atoms with Crippen molar-refractivity contribution < 1.29 is 33.8 Å². The number of fused-ring (bicyclic) bond motifs is 1. The molecule has 1 aliphatic heterocycles. The second kappa shape index (κ2) is 15.6. The first-order valence-corrected chi connectivity index (χ1v) is 15.3. The van der Waals surface area contributed by atoms with Crippen LogP contribution in [0.1, 0.15) is 63.0 Å². The number of benzene rings is 2. The molecule has 3 N–H and O–H groups in total. The summed E-state index contributed by atoms with van der Waals surface area (Å²) in [6, 6.07) is 12.1. The molecule has 10 nitrogen and oxygen atoms in total. The van der Waals surface area contributed by atoms with Gasteiger partial charge in [0.25, 0.3) is 0 Å². The first-order chi connectivity index (χ1) is 20.7. The van der Waals surface area contributed by atoms with Gasteiger partial charge in [0, 0.05) is 23.0 Å². The van der Waals surface area contributed by atoms with Crippen LogP contribution in [-0.4, -0.2) is 59.1 Å². The summed E-state index contributed by atoms with van der Waals surface area (Å²) in [5.41, 5.74) is 1.57. The number of para-hydroxylation sites is 1. The lowest BCUT2D eigenvalue weighted by molar-refractivity contribution is -0.144. The molecule has 2 aromatic carbocycles. The van der Waals surface area contributed by atoms with Crippen LogP contribution in [0.4, 0.5) is 4.79 Å². The second-order valence-corrected chi connectivity index (χ2v) is 11.8. The number of carboxylic acids is 1. The Hall–Kier alpha value is -3.79. The predicted molar refractivity (Wildman–Crippen MR) is 160 cm³/mol. The molecule has 43 heavy (non-hydrogen) atoms. The molecule has 232 valence electrons. The van der Waals surface area contributed by atoms with E-state index in [1.807, 2.05) is 24.3 Å². The molecule has 1 fully saturated rings. The quantitative estimate of drug-likeness (QED) is 0.327. The van der Waals surface area contributed by atoms with E-state index in [0.29, 0.717) is 36.7 Å². The fraction of sp³-hybridized carbons (Fsp3) is 0.500. The fourth-order valence-electron chi connectivity index (χ4n) is 5.72. The summed E-state index contributed by atoms with van der Waals surface area (Å²) >= 11 is 6.01. The molecule has 0 bridgehead atoms. The number of carbonyl (C=O) groups is 4. The minimum atomic E-state index is -1.32. The Balaban J connectivity index is 1.38. The van der Waals surface area contributed by atoms with Crippen molar-refractivity contribution in [3.63, 3.8) is 0 Å². The largest absolute Gasteiger partial charge is 0.491 e. The van der Waals surface area contributed by atoms with E-state index in [9.17, 15) is 24.3 Å². The maximum atomic E-state index is 13.4. The van der Waals surface area contributed by atoms with Crippen LogP contribution in [0.5, 0.6) is 5.75 Å². The first kappa shape index (κ1) is 32.1. The number of carbonyl (C=O) groups excluding carboxylic acids is 3. The number of hydrogen-bond donors (Lipinski definition) is 3. The van der Waals surface area contributed by atoms with Gasteiger partial charge in [-0.05, 0) is 42.5 Å². The maximum absolute atomic E-state index is 13.4. The van der Waals surface area contributed by atoms with Gasteiger partial charge >= 0.3 is 12.1 Å². The average Bonchev–Trinajstić information content (AvgIpc) is 3.22. The van der Waals surface area contributed by atoms with Gasteiger partial charge in [0.2, 0.25) is 11.8 Å². The fourth-order valence-corrected chi connectivity index (χ4v) is 5.93. The molecule has 3 atom stereocenters. The van der Waals surface area contributed by atoms with Crippen molar-refractivity contribution in [2.75, 3.05) is 13.2 Å². The number of nitrogens with one attached hydrogen (secondary N) is 2. The summed E-state index contributed by atoms with van der Waals surface area (Å²) in [6.07, 6.45) is 4.56. The summed E-state index contributed by atoms with van der Waals surface area (Å²) in [5, 5.41) is 15.7. The normalized spacial score (nSPS) is 17.3. The van der Waals surface area contributed by atoms with Crippen molar-refractivity contribution in [1.29, 1.82) is 0 Å². The van der Waals surface area contributed by atoms with Crippen molar-refractivity contribution in [3.05, 3.63) is 64.7 Å². The molecule has 1 heterocycles. The molecule has 11 heteroatoms. The zero-order valence-corrected chi connectivity index (χ0v) is 25.2. The number of amides is 3. The van der Waals surface area contributed by atoms with Crippen LogP contribution in [0.3, 0.4) is 0 Å². The third-order valence-electron chi connectivity index (χ3n) is 8.05. The Kier molecular flexibility index (Phi) is 11.7. The van der Waals surface area contributed by atoms with Gasteiger partial charge in [0.1, 0.15) is 31.0 Å². The minimum absolute atomic E-state index is 0.0342. The van der Waals surface area contributed by atoms with Crippen molar-refractivity contribution in [3.8, 4) is 5.75 Å². The van der Waals surface area contributed by atoms with Crippen LogP contribution in [0, 0.1) is 11.8 Å². The lowest BCUT2D eigenvalue weighted by Crippen LogP contribution is -2.53. The van der Waals surface area contributed by atoms with E-state index in [4.69, 9.17) is 21.1 Å². The molecule has 2 aromatic rings. The Morgan fingerprint density at radius 1 is 1.05 bits per heavy atom. The SMILES string of the molecule is CC(C[C@H](NC(=O)[C@H](CC1CCCCC1)NC(=O)OCc1cccc(Cl)c1)C(=O)O)C(=O)N1CCOc2ccccc2C1. The monoisotopic (exact) mass is 613 g/mol. The van der Waals surface area contributed by atoms with Gasteiger partial charge in [-0.3, -0.25) is 9.59 Å². The molecule has 2 aliphatic rings. The van der Waals surface area contributed by atoms with E-state index in [0.717, 1.165) is 43.4 Å².